The van der Waals surface area contributed by atoms with Crippen LogP contribution in [0.15, 0.2) is 57.8 Å². The van der Waals surface area contributed by atoms with Gasteiger partial charge in [0.2, 0.25) is 0 Å². The van der Waals surface area contributed by atoms with Crippen molar-refractivity contribution >= 4 is 33.0 Å². The molecule has 2 aromatic carbocycles. The minimum Gasteiger partial charge on any atom is -0.292 e. The van der Waals surface area contributed by atoms with Crippen molar-refractivity contribution in [3.05, 3.63) is 74.7 Å². The summed E-state index contributed by atoms with van der Waals surface area (Å²) in [4.78, 5) is 33.3. The Morgan fingerprint density at radius 1 is 1.13 bits per heavy atom. The first-order chi connectivity index (χ1) is 11.1. The van der Waals surface area contributed by atoms with E-state index in [9.17, 15) is 4.79 Å². The van der Waals surface area contributed by atoms with Gasteiger partial charge in [0.05, 0.1) is 17.4 Å². The lowest BCUT2D eigenvalue weighted by Crippen LogP contribution is -2.24. The standard InChI is InChI=1S/C16H13BrN2O.CO2/c1-11-18-15-9-13(17)7-8-14(15)16(20)19(11)10-12-5-3-2-4-6-12;2-1-3/h2-9H,10H2,1H3;. The van der Waals surface area contributed by atoms with E-state index in [1.807, 2.05) is 55.5 Å². The van der Waals surface area contributed by atoms with Gasteiger partial charge in [-0.05, 0) is 30.7 Å². The molecular weight excluding hydrogens is 360 g/mol. The number of hydrogen-bond donors (Lipinski definition) is 0. The number of fused-ring (bicyclic) bond motifs is 1. The molecule has 0 saturated heterocycles. The van der Waals surface area contributed by atoms with Crippen molar-refractivity contribution in [2.24, 2.45) is 0 Å². The Balaban J connectivity index is 0.000000595. The van der Waals surface area contributed by atoms with Crippen LogP contribution in [-0.2, 0) is 16.1 Å². The molecule has 0 saturated carbocycles. The van der Waals surface area contributed by atoms with Crippen molar-refractivity contribution in [1.82, 2.24) is 9.55 Å². The van der Waals surface area contributed by atoms with Crippen LogP contribution >= 0.6 is 15.9 Å². The van der Waals surface area contributed by atoms with Gasteiger partial charge < -0.3 is 0 Å². The smallest absolute Gasteiger partial charge is 0.292 e. The van der Waals surface area contributed by atoms with E-state index in [4.69, 9.17) is 9.59 Å². The number of nitrogens with zero attached hydrogens (tertiary/aromatic N) is 2. The van der Waals surface area contributed by atoms with Gasteiger partial charge in [0.15, 0.2) is 0 Å². The highest BCUT2D eigenvalue weighted by atomic mass is 79.9. The number of benzene rings is 2. The lowest BCUT2D eigenvalue weighted by atomic mass is 10.2. The Morgan fingerprint density at radius 2 is 1.78 bits per heavy atom. The number of aromatic nitrogens is 2. The summed E-state index contributed by atoms with van der Waals surface area (Å²) in [7, 11) is 0. The third kappa shape index (κ3) is 4.00. The maximum Gasteiger partial charge on any atom is 0.373 e. The van der Waals surface area contributed by atoms with Crippen molar-refractivity contribution in [1.29, 1.82) is 0 Å². The van der Waals surface area contributed by atoms with Gasteiger partial charge in [-0.1, -0.05) is 46.3 Å². The van der Waals surface area contributed by atoms with Crippen LogP contribution in [0, 0.1) is 6.92 Å². The summed E-state index contributed by atoms with van der Waals surface area (Å²) in [6.07, 6.45) is 0.250. The zero-order valence-corrected chi connectivity index (χ0v) is 13.9. The molecule has 0 spiro atoms. The van der Waals surface area contributed by atoms with Crippen molar-refractivity contribution in [3.63, 3.8) is 0 Å². The van der Waals surface area contributed by atoms with Gasteiger partial charge >= 0.3 is 6.15 Å². The molecule has 0 fully saturated rings. The molecule has 0 radical (unpaired) electrons. The average molecular weight is 373 g/mol. The molecule has 0 aliphatic rings. The predicted octanol–water partition coefficient (Wildman–Crippen LogP) is 2.93. The number of rotatable bonds is 2. The molecule has 116 valence electrons. The summed E-state index contributed by atoms with van der Waals surface area (Å²) in [5.41, 5.74) is 1.83. The van der Waals surface area contributed by atoms with Crippen molar-refractivity contribution < 1.29 is 9.59 Å². The van der Waals surface area contributed by atoms with E-state index in [2.05, 4.69) is 20.9 Å². The van der Waals surface area contributed by atoms with E-state index in [1.165, 1.54) is 0 Å². The molecule has 1 heterocycles. The Kier molecular flexibility index (Phi) is 5.57. The topological polar surface area (TPSA) is 69.0 Å². The van der Waals surface area contributed by atoms with E-state index >= 15 is 0 Å². The van der Waals surface area contributed by atoms with Crippen molar-refractivity contribution in [2.45, 2.75) is 13.5 Å². The summed E-state index contributed by atoms with van der Waals surface area (Å²) in [6, 6.07) is 15.5. The Hall–Kier alpha value is -2.56. The van der Waals surface area contributed by atoms with Gasteiger partial charge in [-0.3, -0.25) is 9.36 Å². The van der Waals surface area contributed by atoms with Crippen molar-refractivity contribution in [2.75, 3.05) is 0 Å². The number of hydrogen-bond acceptors (Lipinski definition) is 4. The van der Waals surface area contributed by atoms with Crippen molar-refractivity contribution in [3.8, 4) is 0 Å². The molecule has 3 aromatic rings. The molecule has 6 heteroatoms. The van der Waals surface area contributed by atoms with E-state index in [0.29, 0.717) is 11.9 Å². The van der Waals surface area contributed by atoms with Crippen LogP contribution < -0.4 is 5.56 Å². The highest BCUT2D eigenvalue weighted by molar-refractivity contribution is 9.10. The van der Waals surface area contributed by atoms with Crippen LogP contribution in [0.4, 0.5) is 0 Å². The van der Waals surface area contributed by atoms with E-state index in [-0.39, 0.29) is 11.7 Å². The summed E-state index contributed by atoms with van der Waals surface area (Å²) in [6.45, 7) is 2.41. The molecule has 0 N–H and O–H groups in total. The lowest BCUT2D eigenvalue weighted by molar-refractivity contribution is -0.191. The van der Waals surface area contributed by atoms with Gasteiger partial charge in [-0.25, -0.2) is 4.98 Å². The zero-order valence-electron chi connectivity index (χ0n) is 12.3. The second-order valence-electron chi connectivity index (χ2n) is 4.78. The highest BCUT2D eigenvalue weighted by Crippen LogP contribution is 2.16. The molecular formula is C17H13BrN2O3. The Morgan fingerprint density at radius 3 is 2.43 bits per heavy atom. The van der Waals surface area contributed by atoms with E-state index < -0.39 is 0 Å². The third-order valence-electron chi connectivity index (χ3n) is 3.29. The molecule has 23 heavy (non-hydrogen) atoms. The normalized spacial score (nSPS) is 9.83. The van der Waals surface area contributed by atoms with Gasteiger partial charge in [-0.2, -0.15) is 9.59 Å². The molecule has 1 aromatic heterocycles. The quantitative estimate of drug-likeness (QED) is 0.693. The lowest BCUT2D eigenvalue weighted by Gasteiger charge is -2.11. The molecule has 0 unspecified atom stereocenters. The minimum atomic E-state index is 0.00357. The summed E-state index contributed by atoms with van der Waals surface area (Å²) in [5.74, 6) is 0.726. The maximum absolute atomic E-state index is 12.6. The SMILES string of the molecule is Cc1nc2cc(Br)ccc2c(=O)n1Cc1ccccc1.O=C=O. The largest absolute Gasteiger partial charge is 0.373 e. The van der Waals surface area contributed by atoms with Crippen LogP contribution in [0.3, 0.4) is 0 Å². The van der Waals surface area contributed by atoms with E-state index in [1.54, 1.807) is 4.57 Å². The minimum absolute atomic E-state index is 0.00357. The van der Waals surface area contributed by atoms with Crippen LogP contribution in [0.5, 0.6) is 0 Å². The fourth-order valence-corrected chi connectivity index (χ4v) is 2.61. The van der Waals surface area contributed by atoms with Crippen LogP contribution in [0.2, 0.25) is 0 Å². The highest BCUT2D eigenvalue weighted by Gasteiger charge is 2.08. The van der Waals surface area contributed by atoms with Crippen LogP contribution in [-0.4, -0.2) is 15.7 Å². The zero-order chi connectivity index (χ0) is 16.8. The molecule has 0 bridgehead atoms. The molecule has 0 amide bonds. The monoisotopic (exact) mass is 372 g/mol. The molecule has 0 aliphatic heterocycles. The Bertz CT molecular complexity index is 914. The van der Waals surface area contributed by atoms with Gasteiger partial charge in [0.25, 0.3) is 5.56 Å². The van der Waals surface area contributed by atoms with Gasteiger partial charge in [0.1, 0.15) is 5.82 Å². The Labute approximate surface area is 140 Å². The third-order valence-corrected chi connectivity index (χ3v) is 3.78. The first-order valence-electron chi connectivity index (χ1n) is 6.76. The molecule has 0 aliphatic carbocycles. The van der Waals surface area contributed by atoms with Crippen LogP contribution in [0.1, 0.15) is 11.4 Å². The second kappa shape index (κ2) is 7.63. The molecule has 3 rings (SSSR count). The number of aryl methyl sites for hydroxylation is 1. The molecule has 5 nitrogen and oxygen atoms in total. The number of carbonyl (C=O) groups excluding carboxylic acids is 2. The average Bonchev–Trinajstić information content (AvgIpc) is 2.53. The fraction of sp³-hybridized carbons (Fsp3) is 0.118. The fourth-order valence-electron chi connectivity index (χ4n) is 2.26. The first kappa shape index (κ1) is 16.8. The maximum atomic E-state index is 12.6. The summed E-state index contributed by atoms with van der Waals surface area (Å²) >= 11 is 3.40. The number of halogens is 1. The van der Waals surface area contributed by atoms with Gasteiger partial charge in [0, 0.05) is 4.47 Å². The van der Waals surface area contributed by atoms with E-state index in [0.717, 1.165) is 21.4 Å². The molecule has 0 atom stereocenters. The van der Waals surface area contributed by atoms with Crippen LogP contribution in [0.25, 0.3) is 10.9 Å². The predicted molar refractivity (Wildman–Crippen MR) is 89.0 cm³/mol. The van der Waals surface area contributed by atoms with Gasteiger partial charge in [-0.15, -0.1) is 0 Å². The first-order valence-corrected chi connectivity index (χ1v) is 7.56. The summed E-state index contributed by atoms with van der Waals surface area (Å²) < 4.78 is 2.64. The summed E-state index contributed by atoms with van der Waals surface area (Å²) in [5, 5.41) is 0.648. The second-order valence-corrected chi connectivity index (χ2v) is 5.70.